The molecule has 0 amide bonds. The molecule has 0 saturated carbocycles. The van der Waals surface area contributed by atoms with Gasteiger partial charge >= 0.3 is 0 Å². The minimum Gasteiger partial charge on any atom is -0.389 e. The summed E-state index contributed by atoms with van der Waals surface area (Å²) in [4.78, 5) is 4.69. The van der Waals surface area contributed by atoms with Crippen LogP contribution >= 0.6 is 12.2 Å². The Balaban J connectivity index is 2.44. The normalized spacial score (nSPS) is 10.3. The molecule has 2 aromatic rings. The van der Waals surface area contributed by atoms with Crippen LogP contribution in [0.4, 0.5) is 15.9 Å². The fourth-order valence-corrected chi connectivity index (χ4v) is 2.17. The van der Waals surface area contributed by atoms with Crippen molar-refractivity contribution in [1.82, 2.24) is 4.98 Å². The molecule has 1 aromatic heterocycles. The molecule has 0 fully saturated rings. The largest absolute Gasteiger partial charge is 0.389 e. The van der Waals surface area contributed by atoms with Gasteiger partial charge in [0.1, 0.15) is 16.6 Å². The summed E-state index contributed by atoms with van der Waals surface area (Å²) < 4.78 is 12.9. The van der Waals surface area contributed by atoms with Gasteiger partial charge in [-0.25, -0.2) is 9.37 Å². The zero-order valence-corrected chi connectivity index (χ0v) is 11.5. The molecule has 0 bridgehead atoms. The zero-order valence-electron chi connectivity index (χ0n) is 10.7. The highest BCUT2D eigenvalue weighted by Gasteiger charge is 2.11. The highest BCUT2D eigenvalue weighted by atomic mass is 32.1. The minimum atomic E-state index is -0.284. The number of nitrogens with zero attached hydrogens (tertiary/aromatic N) is 1. The monoisotopic (exact) mass is 275 g/mol. The summed E-state index contributed by atoms with van der Waals surface area (Å²) >= 11 is 5.06. The Labute approximate surface area is 116 Å². The second-order valence-electron chi connectivity index (χ2n) is 4.30. The first-order chi connectivity index (χ1) is 8.97. The lowest BCUT2D eigenvalue weighted by atomic mass is 10.1. The quantitative estimate of drug-likeness (QED) is 0.845. The van der Waals surface area contributed by atoms with Crippen molar-refractivity contribution in [3.63, 3.8) is 0 Å². The molecule has 0 unspecified atom stereocenters. The van der Waals surface area contributed by atoms with Crippen molar-refractivity contribution in [2.75, 3.05) is 5.32 Å². The lowest BCUT2D eigenvalue weighted by molar-refractivity contribution is 0.628. The first-order valence-electron chi connectivity index (χ1n) is 5.78. The maximum atomic E-state index is 12.9. The third-order valence-corrected chi connectivity index (χ3v) is 2.90. The number of aromatic nitrogens is 1. The molecule has 0 aliphatic heterocycles. The summed E-state index contributed by atoms with van der Waals surface area (Å²) in [6.07, 6.45) is 0. The average Bonchev–Trinajstić information content (AvgIpc) is 2.30. The molecule has 3 nitrogen and oxygen atoms in total. The Kier molecular flexibility index (Phi) is 3.76. The number of pyridine rings is 1. The van der Waals surface area contributed by atoms with E-state index in [1.807, 2.05) is 19.9 Å². The van der Waals surface area contributed by atoms with Gasteiger partial charge in [-0.1, -0.05) is 12.2 Å². The van der Waals surface area contributed by atoms with Crippen LogP contribution in [0.25, 0.3) is 0 Å². The summed E-state index contributed by atoms with van der Waals surface area (Å²) in [6.45, 7) is 3.82. The van der Waals surface area contributed by atoms with Gasteiger partial charge in [-0.3, -0.25) is 0 Å². The molecule has 3 N–H and O–H groups in total. The molecule has 98 valence electrons. The average molecular weight is 275 g/mol. The van der Waals surface area contributed by atoms with Gasteiger partial charge in [0.25, 0.3) is 0 Å². The molecule has 0 spiro atoms. The Morgan fingerprint density at radius 3 is 2.47 bits per heavy atom. The van der Waals surface area contributed by atoms with Crippen LogP contribution in [0, 0.1) is 19.7 Å². The molecule has 0 saturated heterocycles. The molecule has 0 aliphatic rings. The molecule has 19 heavy (non-hydrogen) atoms. The van der Waals surface area contributed by atoms with E-state index in [-0.39, 0.29) is 10.8 Å². The Morgan fingerprint density at radius 2 is 1.89 bits per heavy atom. The van der Waals surface area contributed by atoms with E-state index in [1.54, 1.807) is 12.1 Å². The van der Waals surface area contributed by atoms with E-state index in [0.29, 0.717) is 11.4 Å². The second kappa shape index (κ2) is 5.32. The van der Waals surface area contributed by atoms with Crippen LogP contribution in [0.2, 0.25) is 0 Å². The summed E-state index contributed by atoms with van der Waals surface area (Å²) in [7, 11) is 0. The van der Waals surface area contributed by atoms with Crippen molar-refractivity contribution in [2.24, 2.45) is 5.73 Å². The van der Waals surface area contributed by atoms with Crippen LogP contribution in [0.1, 0.15) is 16.8 Å². The Hall–Kier alpha value is -2.01. The molecule has 0 radical (unpaired) electrons. The number of nitrogens with two attached hydrogens (primary N) is 1. The number of halogens is 1. The Bertz CT molecular complexity index is 623. The van der Waals surface area contributed by atoms with Gasteiger partial charge in [0.15, 0.2) is 0 Å². The van der Waals surface area contributed by atoms with Crippen LogP contribution in [0.5, 0.6) is 0 Å². The van der Waals surface area contributed by atoms with Crippen LogP contribution in [0.3, 0.4) is 0 Å². The second-order valence-corrected chi connectivity index (χ2v) is 4.74. The number of thiocarbonyl (C=S) groups is 1. The zero-order chi connectivity index (χ0) is 14.0. The van der Waals surface area contributed by atoms with Gasteiger partial charge in [-0.15, -0.1) is 0 Å². The molecule has 0 atom stereocenters. The number of aryl methyl sites for hydroxylation is 2. The van der Waals surface area contributed by atoms with Crippen molar-refractivity contribution in [3.05, 3.63) is 53.0 Å². The molecule has 2 rings (SSSR count). The van der Waals surface area contributed by atoms with E-state index >= 15 is 0 Å². The highest BCUT2D eigenvalue weighted by molar-refractivity contribution is 7.80. The summed E-state index contributed by atoms with van der Waals surface area (Å²) in [6, 6.07) is 7.96. The van der Waals surface area contributed by atoms with Crippen molar-refractivity contribution >= 4 is 28.7 Å². The molecule has 1 aromatic carbocycles. The fourth-order valence-electron chi connectivity index (χ4n) is 1.91. The van der Waals surface area contributed by atoms with E-state index in [9.17, 15) is 4.39 Å². The lowest BCUT2D eigenvalue weighted by Gasteiger charge is -2.13. The molecule has 5 heteroatoms. The van der Waals surface area contributed by atoms with Gasteiger partial charge in [0.05, 0.1) is 5.56 Å². The number of anilines is 2. The van der Waals surface area contributed by atoms with Crippen LogP contribution in [0.15, 0.2) is 30.3 Å². The SMILES string of the molecule is Cc1cc(C)c(C(N)=S)c(Nc2ccc(F)cc2)n1. The van der Waals surface area contributed by atoms with Crippen molar-refractivity contribution in [1.29, 1.82) is 0 Å². The lowest BCUT2D eigenvalue weighted by Crippen LogP contribution is -2.15. The number of rotatable bonds is 3. The molecule has 1 heterocycles. The summed E-state index contributed by atoms with van der Waals surface area (Å²) in [5, 5.41) is 3.12. The number of hydrogen-bond acceptors (Lipinski definition) is 3. The van der Waals surface area contributed by atoms with E-state index in [2.05, 4.69) is 10.3 Å². The number of nitrogens with one attached hydrogen (secondary N) is 1. The summed E-state index contributed by atoms with van der Waals surface area (Å²) in [5.41, 5.74) is 9.01. The topological polar surface area (TPSA) is 50.9 Å². The number of hydrogen-bond donors (Lipinski definition) is 2. The maximum absolute atomic E-state index is 12.9. The highest BCUT2D eigenvalue weighted by Crippen LogP contribution is 2.22. The fraction of sp³-hybridized carbons (Fsp3) is 0.143. The van der Waals surface area contributed by atoms with Gasteiger partial charge < -0.3 is 11.1 Å². The van der Waals surface area contributed by atoms with E-state index in [4.69, 9.17) is 18.0 Å². The maximum Gasteiger partial charge on any atom is 0.141 e. The smallest absolute Gasteiger partial charge is 0.141 e. The Morgan fingerprint density at radius 1 is 1.26 bits per heavy atom. The third-order valence-electron chi connectivity index (χ3n) is 2.70. The van der Waals surface area contributed by atoms with Crippen molar-refractivity contribution in [3.8, 4) is 0 Å². The van der Waals surface area contributed by atoms with Crippen LogP contribution < -0.4 is 11.1 Å². The standard InChI is InChI=1S/C14H14FN3S/c1-8-7-9(2)17-14(12(8)13(16)19)18-11-5-3-10(15)4-6-11/h3-7H,1-2H3,(H2,16,19)(H,17,18). The molecular weight excluding hydrogens is 261 g/mol. The van der Waals surface area contributed by atoms with Gasteiger partial charge in [-0.05, 0) is 49.7 Å². The van der Waals surface area contributed by atoms with E-state index in [1.165, 1.54) is 12.1 Å². The van der Waals surface area contributed by atoms with Gasteiger partial charge in [-0.2, -0.15) is 0 Å². The van der Waals surface area contributed by atoms with E-state index in [0.717, 1.165) is 16.9 Å². The van der Waals surface area contributed by atoms with Gasteiger partial charge in [0, 0.05) is 11.4 Å². The predicted octanol–water partition coefficient (Wildman–Crippen LogP) is 3.22. The van der Waals surface area contributed by atoms with Crippen molar-refractivity contribution in [2.45, 2.75) is 13.8 Å². The predicted molar refractivity (Wildman–Crippen MR) is 79.3 cm³/mol. The minimum absolute atomic E-state index is 0.284. The molecule has 0 aliphatic carbocycles. The molecular formula is C14H14FN3S. The third kappa shape index (κ3) is 3.06. The van der Waals surface area contributed by atoms with Gasteiger partial charge in [0.2, 0.25) is 0 Å². The van der Waals surface area contributed by atoms with E-state index < -0.39 is 0 Å². The first kappa shape index (κ1) is 13.4. The first-order valence-corrected chi connectivity index (χ1v) is 6.19. The van der Waals surface area contributed by atoms with Crippen LogP contribution in [-0.4, -0.2) is 9.97 Å². The van der Waals surface area contributed by atoms with Crippen LogP contribution in [-0.2, 0) is 0 Å². The number of benzene rings is 1. The van der Waals surface area contributed by atoms with Crippen molar-refractivity contribution < 1.29 is 4.39 Å². The summed E-state index contributed by atoms with van der Waals surface area (Å²) in [5.74, 6) is 0.310.